The summed E-state index contributed by atoms with van der Waals surface area (Å²) in [5.41, 5.74) is 0.940. The van der Waals surface area contributed by atoms with Crippen molar-refractivity contribution in [1.29, 1.82) is 0 Å². The summed E-state index contributed by atoms with van der Waals surface area (Å²) in [5.74, 6) is -0.886. The highest BCUT2D eigenvalue weighted by Crippen LogP contribution is 2.18. The largest absolute Gasteiger partial charge is 0.481 e. The van der Waals surface area contributed by atoms with Gasteiger partial charge in [0.25, 0.3) is 0 Å². The molecule has 0 aromatic carbocycles. The number of pyridine rings is 1. The predicted molar refractivity (Wildman–Crippen MR) is 63.8 cm³/mol. The van der Waals surface area contributed by atoms with Crippen molar-refractivity contribution >= 4 is 12.0 Å². The number of carbonyl (C=O) groups is 2. The highest BCUT2D eigenvalue weighted by Gasteiger charge is 2.35. The molecule has 0 aliphatic carbocycles. The van der Waals surface area contributed by atoms with Gasteiger partial charge in [-0.1, -0.05) is 6.07 Å². The third kappa shape index (κ3) is 2.58. The lowest BCUT2D eigenvalue weighted by atomic mass is 10.2. The molecule has 1 aliphatic heterocycles. The third-order valence-electron chi connectivity index (χ3n) is 3.06. The minimum absolute atomic E-state index is 0.0220. The van der Waals surface area contributed by atoms with Gasteiger partial charge in [0, 0.05) is 32.5 Å². The smallest absolute Gasteiger partial charge is 0.320 e. The zero-order valence-corrected chi connectivity index (χ0v) is 10.1. The minimum atomic E-state index is -0.886. The maximum Gasteiger partial charge on any atom is 0.320 e. The first kappa shape index (κ1) is 12.3. The fraction of sp³-hybridized carbons (Fsp3) is 0.417. The first-order valence-electron chi connectivity index (χ1n) is 5.70. The van der Waals surface area contributed by atoms with Crippen molar-refractivity contribution in [2.75, 3.05) is 13.6 Å². The van der Waals surface area contributed by atoms with Crippen LogP contribution in [0.4, 0.5) is 4.79 Å². The van der Waals surface area contributed by atoms with E-state index in [1.54, 1.807) is 24.3 Å². The van der Waals surface area contributed by atoms with E-state index in [4.69, 9.17) is 5.11 Å². The summed E-state index contributed by atoms with van der Waals surface area (Å²) in [6.07, 6.45) is 3.36. The highest BCUT2D eigenvalue weighted by molar-refractivity contribution is 5.78. The Bertz CT molecular complexity index is 449. The van der Waals surface area contributed by atoms with Gasteiger partial charge >= 0.3 is 12.0 Å². The standard InChI is InChI=1S/C12H15N3O3/c1-14-10(5-11(16)17)8-15(12(14)18)7-9-3-2-4-13-6-9/h2-4,6,10H,5,7-8H2,1H3,(H,16,17). The number of carboxylic acid groups (broad SMARTS) is 1. The molecule has 1 unspecified atom stereocenters. The highest BCUT2D eigenvalue weighted by atomic mass is 16.4. The summed E-state index contributed by atoms with van der Waals surface area (Å²) >= 11 is 0. The van der Waals surface area contributed by atoms with Crippen molar-refractivity contribution in [2.45, 2.75) is 19.0 Å². The van der Waals surface area contributed by atoms with Gasteiger partial charge in [-0.15, -0.1) is 0 Å². The number of hydrogen-bond acceptors (Lipinski definition) is 3. The first-order chi connectivity index (χ1) is 8.58. The summed E-state index contributed by atoms with van der Waals surface area (Å²) in [6, 6.07) is 3.32. The van der Waals surface area contributed by atoms with Crippen LogP contribution in [0.2, 0.25) is 0 Å². The van der Waals surface area contributed by atoms with Crippen LogP contribution >= 0.6 is 0 Å². The first-order valence-corrected chi connectivity index (χ1v) is 5.70. The second-order valence-corrected chi connectivity index (χ2v) is 4.39. The van der Waals surface area contributed by atoms with Gasteiger partial charge in [-0.2, -0.15) is 0 Å². The SMILES string of the molecule is CN1C(=O)N(Cc2cccnc2)CC1CC(=O)O. The Morgan fingerprint density at radius 1 is 1.61 bits per heavy atom. The molecule has 6 heteroatoms. The summed E-state index contributed by atoms with van der Waals surface area (Å²) in [6.45, 7) is 0.906. The van der Waals surface area contributed by atoms with Crippen LogP contribution in [0.5, 0.6) is 0 Å². The third-order valence-corrected chi connectivity index (χ3v) is 3.06. The van der Waals surface area contributed by atoms with Crippen molar-refractivity contribution in [1.82, 2.24) is 14.8 Å². The average Bonchev–Trinajstić information content (AvgIpc) is 2.58. The van der Waals surface area contributed by atoms with Crippen molar-refractivity contribution in [2.24, 2.45) is 0 Å². The molecule has 1 N–H and O–H groups in total. The summed E-state index contributed by atoms with van der Waals surface area (Å²) in [4.78, 5) is 29.8. The molecule has 2 amide bonds. The number of rotatable bonds is 4. The summed E-state index contributed by atoms with van der Waals surface area (Å²) in [7, 11) is 1.64. The molecule has 1 fully saturated rings. The van der Waals surface area contributed by atoms with E-state index >= 15 is 0 Å². The molecule has 96 valence electrons. The molecule has 0 spiro atoms. The number of amides is 2. The lowest BCUT2D eigenvalue weighted by Gasteiger charge is -2.15. The number of carboxylic acids is 1. The molecule has 0 radical (unpaired) electrons. The van der Waals surface area contributed by atoms with Crippen molar-refractivity contribution in [3.8, 4) is 0 Å². The lowest BCUT2D eigenvalue weighted by Crippen LogP contribution is -2.32. The Labute approximate surface area is 105 Å². The Morgan fingerprint density at radius 2 is 2.39 bits per heavy atom. The Balaban J connectivity index is 2.03. The topological polar surface area (TPSA) is 73.7 Å². The number of carbonyl (C=O) groups excluding carboxylic acids is 1. The van der Waals surface area contributed by atoms with E-state index < -0.39 is 5.97 Å². The van der Waals surface area contributed by atoms with E-state index in [9.17, 15) is 9.59 Å². The zero-order chi connectivity index (χ0) is 13.1. The molecular weight excluding hydrogens is 234 g/mol. The molecule has 2 rings (SSSR count). The molecule has 18 heavy (non-hydrogen) atoms. The molecule has 6 nitrogen and oxygen atoms in total. The van der Waals surface area contributed by atoms with E-state index in [1.807, 2.05) is 12.1 Å². The van der Waals surface area contributed by atoms with Crippen LogP contribution in [0.1, 0.15) is 12.0 Å². The predicted octanol–water partition coefficient (Wildman–Crippen LogP) is 0.792. The Kier molecular flexibility index (Phi) is 3.45. The van der Waals surface area contributed by atoms with Crippen molar-refractivity contribution in [3.63, 3.8) is 0 Å². The Hall–Kier alpha value is -2.11. The molecule has 1 saturated heterocycles. The quantitative estimate of drug-likeness (QED) is 0.856. The van der Waals surface area contributed by atoms with Crippen LogP contribution in [-0.2, 0) is 11.3 Å². The van der Waals surface area contributed by atoms with Gasteiger partial charge in [-0.3, -0.25) is 9.78 Å². The molecular formula is C12H15N3O3. The molecule has 0 bridgehead atoms. The summed E-state index contributed by atoms with van der Waals surface area (Å²) < 4.78 is 0. The molecule has 2 heterocycles. The number of urea groups is 1. The Morgan fingerprint density at radius 3 is 3.00 bits per heavy atom. The minimum Gasteiger partial charge on any atom is -0.481 e. The molecule has 0 saturated carbocycles. The van der Waals surface area contributed by atoms with Gasteiger partial charge in [-0.05, 0) is 11.6 Å². The van der Waals surface area contributed by atoms with E-state index in [-0.39, 0.29) is 18.5 Å². The van der Waals surface area contributed by atoms with E-state index in [0.717, 1.165) is 5.56 Å². The van der Waals surface area contributed by atoms with Gasteiger partial charge in [0.05, 0.1) is 12.5 Å². The van der Waals surface area contributed by atoms with Crippen LogP contribution < -0.4 is 0 Å². The van der Waals surface area contributed by atoms with Crippen LogP contribution in [-0.4, -0.2) is 51.5 Å². The zero-order valence-electron chi connectivity index (χ0n) is 10.1. The molecule has 1 aromatic heterocycles. The number of hydrogen-bond donors (Lipinski definition) is 1. The lowest BCUT2D eigenvalue weighted by molar-refractivity contribution is -0.137. The maximum atomic E-state index is 11.9. The van der Waals surface area contributed by atoms with Crippen LogP contribution in [0.15, 0.2) is 24.5 Å². The van der Waals surface area contributed by atoms with Crippen LogP contribution in [0.3, 0.4) is 0 Å². The number of aromatic nitrogens is 1. The molecule has 1 atom stereocenters. The summed E-state index contributed by atoms with van der Waals surface area (Å²) in [5, 5.41) is 8.79. The number of likely N-dealkylation sites (N-methyl/N-ethyl adjacent to an activating group) is 1. The molecule has 1 aromatic rings. The van der Waals surface area contributed by atoms with Crippen LogP contribution in [0.25, 0.3) is 0 Å². The maximum absolute atomic E-state index is 11.9. The number of aliphatic carboxylic acids is 1. The average molecular weight is 249 g/mol. The van der Waals surface area contributed by atoms with Gasteiger partial charge in [-0.25, -0.2) is 4.79 Å². The van der Waals surface area contributed by atoms with E-state index in [1.165, 1.54) is 4.90 Å². The van der Waals surface area contributed by atoms with Crippen molar-refractivity contribution < 1.29 is 14.7 Å². The van der Waals surface area contributed by atoms with Gasteiger partial charge in [0.2, 0.25) is 0 Å². The molecule has 1 aliphatic rings. The second kappa shape index (κ2) is 5.03. The van der Waals surface area contributed by atoms with Crippen molar-refractivity contribution in [3.05, 3.63) is 30.1 Å². The van der Waals surface area contributed by atoms with Gasteiger partial charge in [0.1, 0.15) is 0 Å². The monoisotopic (exact) mass is 249 g/mol. The fourth-order valence-electron chi connectivity index (χ4n) is 2.08. The van der Waals surface area contributed by atoms with Gasteiger partial charge < -0.3 is 14.9 Å². The van der Waals surface area contributed by atoms with E-state index in [0.29, 0.717) is 13.1 Å². The van der Waals surface area contributed by atoms with Crippen LogP contribution in [0, 0.1) is 0 Å². The number of nitrogens with zero attached hydrogens (tertiary/aromatic N) is 3. The second-order valence-electron chi connectivity index (χ2n) is 4.39. The van der Waals surface area contributed by atoms with E-state index in [2.05, 4.69) is 4.98 Å². The normalized spacial score (nSPS) is 19.4. The van der Waals surface area contributed by atoms with Gasteiger partial charge in [0.15, 0.2) is 0 Å². The fourth-order valence-corrected chi connectivity index (χ4v) is 2.08.